The first-order valence-electron chi connectivity index (χ1n) is 7.28. The van der Waals surface area contributed by atoms with Crippen molar-refractivity contribution in [3.8, 4) is 0 Å². The van der Waals surface area contributed by atoms with Gasteiger partial charge in [0, 0.05) is 6.61 Å². The van der Waals surface area contributed by atoms with Crippen LogP contribution in [0.3, 0.4) is 0 Å². The van der Waals surface area contributed by atoms with Gasteiger partial charge in [0.25, 0.3) is 0 Å². The van der Waals surface area contributed by atoms with E-state index in [-0.39, 0.29) is 34.9 Å². The average Bonchev–Trinajstić information content (AvgIpc) is 2.22. The molecule has 0 bridgehead atoms. The summed E-state index contributed by atoms with van der Waals surface area (Å²) in [5.41, 5.74) is 0. The zero-order chi connectivity index (χ0) is 17.0. The van der Waals surface area contributed by atoms with Gasteiger partial charge in [-0.15, -0.1) is 24.9 Å². The van der Waals surface area contributed by atoms with Gasteiger partial charge in [-0.2, -0.15) is 0 Å². The molecule has 0 aromatic rings. The molecular weight excluding hydrogens is 308 g/mol. The Morgan fingerprint density at radius 3 is 1.10 bits per heavy atom. The van der Waals surface area contributed by atoms with Crippen molar-refractivity contribution in [2.75, 3.05) is 13.2 Å². The molecule has 21 heavy (non-hydrogen) atoms. The summed E-state index contributed by atoms with van der Waals surface area (Å²) in [5.74, 6) is 0. The van der Waals surface area contributed by atoms with Crippen molar-refractivity contribution >= 4 is 0 Å². The fourth-order valence-corrected chi connectivity index (χ4v) is 0.567. The molecule has 0 aliphatic heterocycles. The molecule has 0 amide bonds. The maximum Gasteiger partial charge on any atom is 4.00 e. The van der Waals surface area contributed by atoms with Crippen LogP contribution >= 0.6 is 0 Å². The number of hydrogen-bond acceptors (Lipinski definition) is 5. The number of unbranched alkanes of at least 4 members (excludes halogenated alkanes) is 3. The molecule has 6 heteroatoms. The Labute approximate surface area is 146 Å². The van der Waals surface area contributed by atoms with Crippen molar-refractivity contribution in [1.29, 1.82) is 0 Å². The van der Waals surface area contributed by atoms with E-state index >= 15 is 0 Å². The summed E-state index contributed by atoms with van der Waals surface area (Å²) < 4.78 is 0. The molecule has 128 valence electrons. The molecule has 0 spiro atoms. The molecule has 0 heterocycles. The number of aliphatic hydroxyl groups excluding tert-OH is 1. The van der Waals surface area contributed by atoms with E-state index < -0.39 is 18.3 Å². The van der Waals surface area contributed by atoms with E-state index in [1.807, 2.05) is 0 Å². The second-order valence-electron chi connectivity index (χ2n) is 4.99. The van der Waals surface area contributed by atoms with Crippen molar-refractivity contribution in [2.45, 2.75) is 85.5 Å². The van der Waals surface area contributed by atoms with Gasteiger partial charge in [0.2, 0.25) is 0 Å². The number of aliphatic hydroxyl groups is 1. The molecule has 5 nitrogen and oxygen atoms in total. The summed E-state index contributed by atoms with van der Waals surface area (Å²) in [6.07, 6.45) is 2.34. The third kappa shape index (κ3) is 231. The topological polar surface area (TPSA) is 112 Å². The van der Waals surface area contributed by atoms with Crippen LogP contribution in [0.15, 0.2) is 0 Å². The van der Waals surface area contributed by atoms with Crippen molar-refractivity contribution < 1.29 is 47.3 Å². The fourth-order valence-electron chi connectivity index (χ4n) is 0.567. The van der Waals surface area contributed by atoms with E-state index in [1.54, 1.807) is 41.5 Å². The summed E-state index contributed by atoms with van der Waals surface area (Å²) in [6, 6.07) is 0. The summed E-state index contributed by atoms with van der Waals surface area (Å²) >= 11 is 0. The zero-order valence-electron chi connectivity index (χ0n) is 14.6. The largest absolute Gasteiger partial charge is 4.00 e. The minimum atomic E-state index is -0.417. The molecule has 0 fully saturated rings. The Morgan fingerprint density at radius 2 is 0.905 bits per heavy atom. The van der Waals surface area contributed by atoms with E-state index in [1.165, 1.54) is 0 Å². The molecule has 0 unspecified atom stereocenters. The zero-order valence-corrected chi connectivity index (χ0v) is 16.1. The standard InChI is InChI=1S/C6H13O2.3C3H7O.Ti/c7-5-3-1-2-4-6-8;3*1-3(2)4;/h7H,1-6H2;3*3H,1-2H3;/q4*-1;+4. The Hall–Kier alpha value is 0.514. The maximum absolute atomic E-state index is 9.83. The van der Waals surface area contributed by atoms with Gasteiger partial charge < -0.3 is 25.5 Å². The fraction of sp³-hybridized carbons (Fsp3) is 1.00. The van der Waals surface area contributed by atoms with E-state index in [0.717, 1.165) is 25.7 Å². The van der Waals surface area contributed by atoms with Gasteiger partial charge in [-0.05, 0) is 6.42 Å². The molecule has 0 aliphatic rings. The molecule has 1 N–H and O–H groups in total. The van der Waals surface area contributed by atoms with Crippen LogP contribution in [0.4, 0.5) is 0 Å². The predicted molar refractivity (Wildman–Crippen MR) is 75.8 cm³/mol. The minimum Gasteiger partial charge on any atom is -0.854 e. The molecule has 0 saturated heterocycles. The molecule has 0 saturated carbocycles. The van der Waals surface area contributed by atoms with Crippen LogP contribution in [0.25, 0.3) is 0 Å². The Morgan fingerprint density at radius 1 is 0.667 bits per heavy atom. The molecule has 0 aromatic heterocycles. The van der Waals surface area contributed by atoms with Gasteiger partial charge in [-0.3, -0.25) is 0 Å². The minimum absolute atomic E-state index is 0. The van der Waals surface area contributed by atoms with Crippen LogP contribution in [-0.2, 0) is 21.7 Å². The molecule has 0 radical (unpaired) electrons. The molecule has 0 aliphatic carbocycles. The van der Waals surface area contributed by atoms with Gasteiger partial charge in [-0.25, -0.2) is 0 Å². The normalized spacial score (nSPS) is 8.86. The van der Waals surface area contributed by atoms with Crippen LogP contribution in [0.2, 0.25) is 0 Å². The Balaban J connectivity index is -0.0000000570. The number of rotatable bonds is 5. The van der Waals surface area contributed by atoms with Crippen LogP contribution in [0, 0.1) is 0 Å². The summed E-state index contributed by atoms with van der Waals surface area (Å²) in [6.45, 7) is 9.96. The van der Waals surface area contributed by atoms with Crippen LogP contribution in [0.1, 0.15) is 67.2 Å². The van der Waals surface area contributed by atoms with E-state index in [2.05, 4.69) is 0 Å². The quantitative estimate of drug-likeness (QED) is 0.517. The Bertz CT molecular complexity index is 105. The Kier molecular flexibility index (Phi) is 51.3. The summed E-state index contributed by atoms with van der Waals surface area (Å²) in [4.78, 5) is 0. The van der Waals surface area contributed by atoms with Crippen LogP contribution < -0.4 is 20.4 Å². The van der Waals surface area contributed by atoms with Gasteiger partial charge >= 0.3 is 21.7 Å². The van der Waals surface area contributed by atoms with Gasteiger partial charge in [0.15, 0.2) is 0 Å². The molecule has 0 atom stereocenters. The van der Waals surface area contributed by atoms with E-state index in [0.29, 0.717) is 0 Å². The second-order valence-corrected chi connectivity index (χ2v) is 4.99. The first-order valence-corrected chi connectivity index (χ1v) is 7.28. The van der Waals surface area contributed by atoms with Crippen LogP contribution in [-0.4, -0.2) is 36.6 Å². The average molecular weight is 342 g/mol. The van der Waals surface area contributed by atoms with Crippen molar-refractivity contribution in [3.05, 3.63) is 0 Å². The molecular formula is C15H34O5Ti. The number of hydrogen-bond donors (Lipinski definition) is 1. The monoisotopic (exact) mass is 342 g/mol. The summed E-state index contributed by atoms with van der Waals surface area (Å²) in [5, 5.41) is 46.7. The van der Waals surface area contributed by atoms with Crippen molar-refractivity contribution in [3.63, 3.8) is 0 Å². The third-order valence-electron chi connectivity index (χ3n) is 1.05. The van der Waals surface area contributed by atoms with Gasteiger partial charge in [0.05, 0.1) is 0 Å². The maximum atomic E-state index is 9.83. The molecule has 0 rings (SSSR count). The third-order valence-corrected chi connectivity index (χ3v) is 1.05. The van der Waals surface area contributed by atoms with Gasteiger partial charge in [0.1, 0.15) is 0 Å². The predicted octanol–water partition coefficient (Wildman–Crippen LogP) is -0.838. The smallest absolute Gasteiger partial charge is 0.854 e. The van der Waals surface area contributed by atoms with E-state index in [4.69, 9.17) is 5.11 Å². The first-order chi connectivity index (χ1) is 9.11. The van der Waals surface area contributed by atoms with Crippen LogP contribution in [0.5, 0.6) is 0 Å². The van der Waals surface area contributed by atoms with Crippen molar-refractivity contribution in [2.24, 2.45) is 0 Å². The molecule has 0 aromatic carbocycles. The second kappa shape index (κ2) is 32.5. The summed E-state index contributed by atoms with van der Waals surface area (Å²) in [7, 11) is 0. The SMILES string of the molecule is CC(C)[O-].CC(C)[O-].CC(C)[O-].[O-]CCCCCCO.[Ti+4]. The van der Waals surface area contributed by atoms with E-state index in [9.17, 15) is 20.4 Å². The first kappa shape index (κ1) is 33.2. The van der Waals surface area contributed by atoms with Crippen molar-refractivity contribution in [1.82, 2.24) is 0 Å². The van der Waals surface area contributed by atoms with Gasteiger partial charge in [-0.1, -0.05) is 60.8 Å².